The third kappa shape index (κ3) is 2.89. The van der Waals surface area contributed by atoms with E-state index in [1.165, 1.54) is 6.26 Å². The molecule has 0 aliphatic carbocycles. The predicted octanol–water partition coefficient (Wildman–Crippen LogP) is 0.932. The first-order valence-electron chi connectivity index (χ1n) is 4.57. The number of nitrogens with zero attached hydrogens (tertiary/aromatic N) is 2. The van der Waals surface area contributed by atoms with E-state index in [0.717, 1.165) is 5.69 Å². The number of sulfone groups is 1. The first-order valence-corrected chi connectivity index (χ1v) is 6.52. The fourth-order valence-corrected chi connectivity index (χ4v) is 1.58. The lowest BCUT2D eigenvalue weighted by Gasteiger charge is -2.10. The normalized spacial score (nSPS) is 13.6. The standard InChI is InChI=1S/C9H15N3O2S/c1-6-5-8(10-3)12-9(11-6)7(2)15(4,13)14/h5,7H,1-4H3,(H,10,11,12). The van der Waals surface area contributed by atoms with Gasteiger partial charge in [-0.3, -0.25) is 0 Å². The molecule has 0 fully saturated rings. The average Bonchev–Trinajstić information content (AvgIpc) is 2.14. The molecule has 0 spiro atoms. The molecule has 0 bridgehead atoms. The Kier molecular flexibility index (Phi) is 3.28. The van der Waals surface area contributed by atoms with Gasteiger partial charge in [0.1, 0.15) is 16.9 Å². The Morgan fingerprint density at radius 3 is 2.47 bits per heavy atom. The molecular weight excluding hydrogens is 214 g/mol. The Hall–Kier alpha value is -1.17. The fraction of sp³-hybridized carbons (Fsp3) is 0.556. The van der Waals surface area contributed by atoms with Gasteiger partial charge in [-0.1, -0.05) is 0 Å². The molecule has 0 aliphatic heterocycles. The van der Waals surface area contributed by atoms with Crippen LogP contribution >= 0.6 is 0 Å². The minimum Gasteiger partial charge on any atom is -0.373 e. The van der Waals surface area contributed by atoms with E-state index in [-0.39, 0.29) is 0 Å². The van der Waals surface area contributed by atoms with Crippen molar-refractivity contribution in [2.75, 3.05) is 18.6 Å². The van der Waals surface area contributed by atoms with Crippen LogP contribution in [0.4, 0.5) is 5.82 Å². The van der Waals surface area contributed by atoms with Crippen LogP contribution in [0.5, 0.6) is 0 Å². The van der Waals surface area contributed by atoms with Gasteiger partial charge in [-0.2, -0.15) is 0 Å². The van der Waals surface area contributed by atoms with E-state index in [4.69, 9.17) is 0 Å². The van der Waals surface area contributed by atoms with Gasteiger partial charge >= 0.3 is 0 Å². The highest BCUT2D eigenvalue weighted by Gasteiger charge is 2.20. The third-order valence-corrected chi connectivity index (χ3v) is 3.63. The largest absolute Gasteiger partial charge is 0.373 e. The van der Waals surface area contributed by atoms with Crippen LogP contribution in [0.25, 0.3) is 0 Å². The summed E-state index contributed by atoms with van der Waals surface area (Å²) in [6, 6.07) is 1.76. The van der Waals surface area contributed by atoms with E-state index in [2.05, 4.69) is 15.3 Å². The maximum atomic E-state index is 11.3. The second kappa shape index (κ2) is 4.14. The second-order valence-corrected chi connectivity index (χ2v) is 5.84. The Balaban J connectivity index is 3.20. The molecule has 0 amide bonds. The second-order valence-electron chi connectivity index (χ2n) is 3.47. The van der Waals surface area contributed by atoms with Crippen LogP contribution in [0, 0.1) is 6.92 Å². The van der Waals surface area contributed by atoms with Crippen molar-refractivity contribution in [3.8, 4) is 0 Å². The van der Waals surface area contributed by atoms with Crippen LogP contribution in [-0.4, -0.2) is 31.7 Å². The monoisotopic (exact) mass is 229 g/mol. The van der Waals surface area contributed by atoms with E-state index < -0.39 is 15.1 Å². The van der Waals surface area contributed by atoms with Crippen LogP contribution in [0.15, 0.2) is 6.07 Å². The number of aryl methyl sites for hydroxylation is 1. The van der Waals surface area contributed by atoms with Crippen molar-refractivity contribution in [1.82, 2.24) is 9.97 Å². The fourth-order valence-electron chi connectivity index (χ4n) is 1.09. The van der Waals surface area contributed by atoms with Crippen LogP contribution in [-0.2, 0) is 9.84 Å². The smallest absolute Gasteiger partial charge is 0.157 e. The van der Waals surface area contributed by atoms with Crippen LogP contribution in [0.3, 0.4) is 0 Å². The van der Waals surface area contributed by atoms with E-state index in [9.17, 15) is 8.42 Å². The predicted molar refractivity (Wildman–Crippen MR) is 59.6 cm³/mol. The molecule has 0 radical (unpaired) electrons. The van der Waals surface area contributed by atoms with Gasteiger partial charge in [-0.25, -0.2) is 18.4 Å². The lowest BCUT2D eigenvalue weighted by atomic mass is 10.3. The number of nitrogens with one attached hydrogen (secondary N) is 1. The van der Waals surface area contributed by atoms with Gasteiger partial charge in [0.25, 0.3) is 0 Å². The zero-order chi connectivity index (χ0) is 11.6. The molecule has 0 saturated heterocycles. The highest BCUT2D eigenvalue weighted by atomic mass is 32.2. The summed E-state index contributed by atoms with van der Waals surface area (Å²) in [6.45, 7) is 3.39. The Morgan fingerprint density at radius 1 is 1.40 bits per heavy atom. The Morgan fingerprint density at radius 2 is 2.00 bits per heavy atom. The molecule has 0 aliphatic rings. The molecule has 0 saturated carbocycles. The van der Waals surface area contributed by atoms with Gasteiger partial charge in [-0.15, -0.1) is 0 Å². The summed E-state index contributed by atoms with van der Waals surface area (Å²) in [5.74, 6) is 0.967. The summed E-state index contributed by atoms with van der Waals surface area (Å²) in [7, 11) is -1.42. The third-order valence-electron chi connectivity index (χ3n) is 2.13. The van der Waals surface area contributed by atoms with Gasteiger partial charge in [0.05, 0.1) is 0 Å². The molecule has 15 heavy (non-hydrogen) atoms. The molecule has 1 heterocycles. The number of anilines is 1. The van der Waals surface area contributed by atoms with E-state index in [0.29, 0.717) is 11.6 Å². The molecule has 1 N–H and O–H groups in total. The van der Waals surface area contributed by atoms with Crippen molar-refractivity contribution in [3.63, 3.8) is 0 Å². The molecular formula is C9H15N3O2S. The van der Waals surface area contributed by atoms with Crippen molar-refractivity contribution >= 4 is 15.7 Å². The first kappa shape index (κ1) is 11.9. The highest BCUT2D eigenvalue weighted by Crippen LogP contribution is 2.18. The topological polar surface area (TPSA) is 72.0 Å². The average molecular weight is 229 g/mol. The van der Waals surface area contributed by atoms with Gasteiger partial charge < -0.3 is 5.32 Å². The summed E-state index contributed by atoms with van der Waals surface area (Å²) in [5.41, 5.74) is 0.750. The van der Waals surface area contributed by atoms with Gasteiger partial charge in [0.2, 0.25) is 0 Å². The molecule has 1 aromatic heterocycles. The summed E-state index contributed by atoms with van der Waals surface area (Å²) in [6.07, 6.45) is 1.18. The molecule has 1 aromatic rings. The van der Waals surface area contributed by atoms with Crippen molar-refractivity contribution in [2.45, 2.75) is 19.1 Å². The molecule has 1 atom stereocenters. The highest BCUT2D eigenvalue weighted by molar-refractivity contribution is 7.90. The molecule has 0 aromatic carbocycles. The van der Waals surface area contributed by atoms with Crippen molar-refractivity contribution in [3.05, 3.63) is 17.6 Å². The minimum absolute atomic E-state index is 0.335. The number of hydrogen-bond acceptors (Lipinski definition) is 5. The molecule has 1 unspecified atom stereocenters. The lowest BCUT2D eigenvalue weighted by Crippen LogP contribution is -2.13. The maximum Gasteiger partial charge on any atom is 0.157 e. The summed E-state index contributed by atoms with van der Waals surface area (Å²) >= 11 is 0. The first-order chi connectivity index (χ1) is 6.84. The molecule has 6 heteroatoms. The SMILES string of the molecule is CNc1cc(C)nc(C(C)S(C)(=O)=O)n1. The summed E-state index contributed by atoms with van der Waals surface area (Å²) in [4.78, 5) is 8.23. The van der Waals surface area contributed by atoms with E-state index in [1.807, 2.05) is 0 Å². The van der Waals surface area contributed by atoms with Gasteiger partial charge in [0.15, 0.2) is 9.84 Å². The summed E-state index contributed by atoms with van der Waals surface area (Å²) < 4.78 is 22.7. The minimum atomic E-state index is -3.15. The Bertz CT molecular complexity index is 456. The maximum absolute atomic E-state index is 11.3. The van der Waals surface area contributed by atoms with Crippen LogP contribution in [0.2, 0.25) is 0 Å². The van der Waals surface area contributed by atoms with Crippen molar-refractivity contribution in [1.29, 1.82) is 0 Å². The number of rotatable bonds is 3. The number of aromatic nitrogens is 2. The Labute approximate surface area is 89.9 Å². The van der Waals surface area contributed by atoms with Crippen LogP contribution in [0.1, 0.15) is 23.7 Å². The zero-order valence-electron chi connectivity index (χ0n) is 9.27. The quantitative estimate of drug-likeness (QED) is 0.835. The van der Waals surface area contributed by atoms with E-state index in [1.54, 1.807) is 27.0 Å². The van der Waals surface area contributed by atoms with Crippen molar-refractivity contribution < 1.29 is 8.42 Å². The number of hydrogen-bond donors (Lipinski definition) is 1. The van der Waals surface area contributed by atoms with E-state index >= 15 is 0 Å². The zero-order valence-corrected chi connectivity index (χ0v) is 10.1. The van der Waals surface area contributed by atoms with Gasteiger partial charge in [0, 0.05) is 25.1 Å². The lowest BCUT2D eigenvalue weighted by molar-refractivity contribution is 0.589. The molecule has 84 valence electrons. The summed E-state index contributed by atoms with van der Waals surface area (Å²) in [5, 5.41) is 2.19. The van der Waals surface area contributed by atoms with Crippen LogP contribution < -0.4 is 5.32 Å². The molecule has 1 rings (SSSR count). The molecule has 5 nitrogen and oxygen atoms in total. The van der Waals surface area contributed by atoms with Crippen molar-refractivity contribution in [2.24, 2.45) is 0 Å². The van der Waals surface area contributed by atoms with Gasteiger partial charge in [-0.05, 0) is 13.8 Å².